The van der Waals surface area contributed by atoms with Gasteiger partial charge in [0.2, 0.25) is 0 Å². The van der Waals surface area contributed by atoms with E-state index in [9.17, 15) is 0 Å². The van der Waals surface area contributed by atoms with Gasteiger partial charge in [0.05, 0.1) is 11.7 Å². The van der Waals surface area contributed by atoms with Gasteiger partial charge in [0.15, 0.2) is 0 Å². The van der Waals surface area contributed by atoms with Gasteiger partial charge < -0.3 is 10.1 Å². The largest absolute Gasteiger partial charge is 0.329 e. The second kappa shape index (κ2) is 3.59. The van der Waals surface area contributed by atoms with E-state index in [-0.39, 0.29) is 5.41 Å². The van der Waals surface area contributed by atoms with Crippen LogP contribution in [0.1, 0.15) is 31.5 Å². The molecule has 1 aliphatic carbocycles. The molecule has 0 bridgehead atoms. The molecule has 3 rings (SSSR count). The topological polar surface area (TPSA) is 43.3 Å². The smallest absolute Gasteiger partial charge is 0.120 e. The van der Waals surface area contributed by atoms with Gasteiger partial charge in [-0.2, -0.15) is 0 Å². The summed E-state index contributed by atoms with van der Waals surface area (Å²) in [6.45, 7) is 0.709. The maximum Gasteiger partial charge on any atom is 0.120 e. The van der Waals surface area contributed by atoms with E-state index in [1.54, 1.807) is 0 Å². The lowest BCUT2D eigenvalue weighted by Crippen LogP contribution is -2.34. The van der Waals surface area contributed by atoms with Gasteiger partial charge in [0.1, 0.15) is 5.82 Å². The van der Waals surface area contributed by atoms with E-state index in [0.29, 0.717) is 6.54 Å². The maximum absolute atomic E-state index is 6.00. The Balaban J connectivity index is 2.17. The highest BCUT2D eigenvalue weighted by Crippen LogP contribution is 2.39. The van der Waals surface area contributed by atoms with Crippen molar-refractivity contribution in [3.63, 3.8) is 0 Å². The normalized spacial score (nSPS) is 19.3. The van der Waals surface area contributed by atoms with Gasteiger partial charge >= 0.3 is 0 Å². The van der Waals surface area contributed by atoms with E-state index in [0.717, 1.165) is 11.3 Å². The highest BCUT2D eigenvalue weighted by atomic mass is 15.0. The van der Waals surface area contributed by atoms with Gasteiger partial charge in [-0.25, -0.2) is 4.98 Å². The Hall–Kier alpha value is -1.35. The molecule has 0 saturated heterocycles. The lowest BCUT2D eigenvalue weighted by molar-refractivity contribution is 0.423. The second-order valence-corrected chi connectivity index (χ2v) is 4.77. The van der Waals surface area contributed by atoms with Crippen LogP contribution < -0.4 is 5.73 Å². The molecule has 0 unspecified atom stereocenters. The maximum atomic E-state index is 6.00. The van der Waals surface area contributed by atoms with Crippen molar-refractivity contribution in [2.75, 3.05) is 6.54 Å². The molecule has 2 N–H and O–H groups in total. The van der Waals surface area contributed by atoms with Crippen molar-refractivity contribution >= 4 is 5.52 Å². The predicted molar refractivity (Wildman–Crippen MR) is 64.4 cm³/mol. The monoisotopic (exact) mass is 215 g/mol. The van der Waals surface area contributed by atoms with Crippen molar-refractivity contribution in [1.82, 2.24) is 9.38 Å². The minimum absolute atomic E-state index is 0.119. The number of nitrogens with zero attached hydrogens (tertiary/aromatic N) is 2. The van der Waals surface area contributed by atoms with Gasteiger partial charge in [-0.1, -0.05) is 18.9 Å². The number of nitrogens with two attached hydrogens (primary N) is 1. The fourth-order valence-electron chi connectivity index (χ4n) is 2.91. The van der Waals surface area contributed by atoms with Crippen molar-refractivity contribution < 1.29 is 0 Å². The van der Waals surface area contributed by atoms with Crippen LogP contribution in [-0.4, -0.2) is 15.9 Å². The molecule has 2 aromatic heterocycles. The summed E-state index contributed by atoms with van der Waals surface area (Å²) in [5.74, 6) is 1.16. The summed E-state index contributed by atoms with van der Waals surface area (Å²) in [6, 6.07) is 6.19. The molecule has 0 atom stereocenters. The van der Waals surface area contributed by atoms with Crippen molar-refractivity contribution in [3.05, 3.63) is 36.4 Å². The third kappa shape index (κ3) is 1.28. The highest BCUT2D eigenvalue weighted by molar-refractivity contribution is 5.46. The summed E-state index contributed by atoms with van der Waals surface area (Å²) < 4.78 is 2.19. The number of hydrogen-bond donors (Lipinski definition) is 1. The Morgan fingerprint density at radius 2 is 2.12 bits per heavy atom. The second-order valence-electron chi connectivity index (χ2n) is 4.77. The first-order valence-corrected chi connectivity index (χ1v) is 5.98. The van der Waals surface area contributed by atoms with Crippen molar-refractivity contribution in [3.8, 4) is 0 Å². The van der Waals surface area contributed by atoms with E-state index < -0.39 is 0 Å². The Morgan fingerprint density at radius 1 is 1.31 bits per heavy atom. The Morgan fingerprint density at radius 3 is 2.88 bits per heavy atom. The summed E-state index contributed by atoms with van der Waals surface area (Å²) in [5, 5.41) is 0. The van der Waals surface area contributed by atoms with Crippen LogP contribution >= 0.6 is 0 Å². The summed E-state index contributed by atoms with van der Waals surface area (Å²) in [5.41, 5.74) is 7.28. The molecule has 16 heavy (non-hydrogen) atoms. The lowest BCUT2D eigenvalue weighted by atomic mass is 9.85. The van der Waals surface area contributed by atoms with E-state index in [1.807, 2.05) is 12.3 Å². The summed E-state index contributed by atoms with van der Waals surface area (Å²) in [7, 11) is 0. The lowest BCUT2D eigenvalue weighted by Gasteiger charge is -2.25. The molecular formula is C13H17N3. The molecule has 0 amide bonds. The molecule has 84 valence electrons. The Kier molecular flexibility index (Phi) is 2.21. The number of rotatable bonds is 2. The van der Waals surface area contributed by atoms with Crippen LogP contribution in [0.2, 0.25) is 0 Å². The van der Waals surface area contributed by atoms with Crippen LogP contribution in [-0.2, 0) is 5.41 Å². The number of hydrogen-bond acceptors (Lipinski definition) is 2. The molecule has 3 heteroatoms. The molecule has 3 nitrogen and oxygen atoms in total. The van der Waals surface area contributed by atoms with Crippen LogP contribution in [0.5, 0.6) is 0 Å². The van der Waals surface area contributed by atoms with Crippen LogP contribution in [0.4, 0.5) is 0 Å². The fourth-order valence-corrected chi connectivity index (χ4v) is 2.91. The molecule has 1 fully saturated rings. The zero-order chi connectivity index (χ0) is 11.0. The molecule has 0 aliphatic heterocycles. The summed E-state index contributed by atoms with van der Waals surface area (Å²) in [6.07, 6.45) is 8.95. The number of aromatic nitrogens is 2. The SMILES string of the molecule is NCC1(c2ncc3ccccn23)CCCC1. The third-order valence-electron chi connectivity index (χ3n) is 3.86. The summed E-state index contributed by atoms with van der Waals surface area (Å²) in [4.78, 5) is 4.60. The van der Waals surface area contributed by atoms with Crippen molar-refractivity contribution in [2.24, 2.45) is 5.73 Å². The molecule has 0 radical (unpaired) electrons. The molecule has 0 aromatic carbocycles. The molecule has 1 aliphatic rings. The van der Waals surface area contributed by atoms with Gasteiger partial charge in [0, 0.05) is 18.2 Å². The molecule has 1 saturated carbocycles. The minimum Gasteiger partial charge on any atom is -0.329 e. The third-order valence-corrected chi connectivity index (χ3v) is 3.86. The average molecular weight is 215 g/mol. The standard InChI is InChI=1S/C13H17N3/c14-10-13(6-2-3-7-13)12-15-9-11-5-1-4-8-16(11)12/h1,4-5,8-9H,2-3,6-7,10,14H2. The van der Waals surface area contributed by atoms with Crippen LogP contribution in [0.15, 0.2) is 30.6 Å². The van der Waals surface area contributed by atoms with Crippen LogP contribution in [0.3, 0.4) is 0 Å². The summed E-state index contributed by atoms with van der Waals surface area (Å²) >= 11 is 0. The number of pyridine rings is 1. The van der Waals surface area contributed by atoms with E-state index in [2.05, 4.69) is 27.7 Å². The highest BCUT2D eigenvalue weighted by Gasteiger charge is 2.37. The predicted octanol–water partition coefficient (Wildman–Crippen LogP) is 2.10. The molecule has 2 aromatic rings. The zero-order valence-corrected chi connectivity index (χ0v) is 9.39. The number of imidazole rings is 1. The average Bonchev–Trinajstić information content (AvgIpc) is 2.96. The Labute approximate surface area is 95.3 Å². The molecule has 2 heterocycles. The van der Waals surface area contributed by atoms with E-state index in [4.69, 9.17) is 5.73 Å². The minimum atomic E-state index is 0.119. The first-order chi connectivity index (χ1) is 7.86. The fraction of sp³-hybridized carbons (Fsp3) is 0.462. The van der Waals surface area contributed by atoms with Gasteiger partial charge in [0.25, 0.3) is 0 Å². The van der Waals surface area contributed by atoms with Gasteiger partial charge in [-0.15, -0.1) is 0 Å². The van der Waals surface area contributed by atoms with Gasteiger partial charge in [-0.3, -0.25) is 0 Å². The quantitative estimate of drug-likeness (QED) is 0.833. The zero-order valence-electron chi connectivity index (χ0n) is 9.39. The first kappa shape index (κ1) is 9.85. The number of fused-ring (bicyclic) bond motifs is 1. The molecular weight excluding hydrogens is 198 g/mol. The van der Waals surface area contributed by atoms with Gasteiger partial charge in [-0.05, 0) is 25.0 Å². The van der Waals surface area contributed by atoms with E-state index in [1.165, 1.54) is 25.7 Å². The van der Waals surface area contributed by atoms with E-state index >= 15 is 0 Å². The van der Waals surface area contributed by atoms with Crippen molar-refractivity contribution in [2.45, 2.75) is 31.1 Å². The molecule has 0 spiro atoms. The van der Waals surface area contributed by atoms with Crippen molar-refractivity contribution in [1.29, 1.82) is 0 Å². The van der Waals surface area contributed by atoms with Crippen LogP contribution in [0, 0.1) is 0 Å². The van der Waals surface area contributed by atoms with Crippen LogP contribution in [0.25, 0.3) is 5.52 Å². The first-order valence-electron chi connectivity index (χ1n) is 5.98. The Bertz CT molecular complexity index is 495.